The van der Waals surface area contributed by atoms with Crippen molar-refractivity contribution in [1.29, 1.82) is 0 Å². The van der Waals surface area contributed by atoms with E-state index in [-0.39, 0.29) is 6.03 Å². The smallest absolute Gasteiger partial charge is 0.315 e. The van der Waals surface area contributed by atoms with Crippen LogP contribution in [0.1, 0.15) is 16.7 Å². The van der Waals surface area contributed by atoms with Gasteiger partial charge >= 0.3 is 6.03 Å². The number of ether oxygens (including phenoxy) is 1. The highest BCUT2D eigenvalue weighted by molar-refractivity contribution is 5.73. The van der Waals surface area contributed by atoms with Crippen molar-refractivity contribution in [2.75, 3.05) is 7.11 Å². The summed E-state index contributed by atoms with van der Waals surface area (Å²) in [5.41, 5.74) is 3.11. The van der Waals surface area contributed by atoms with E-state index in [1.54, 1.807) is 18.1 Å². The third-order valence-corrected chi connectivity index (χ3v) is 3.84. The number of hydrogen-bond acceptors (Lipinski definition) is 4. The molecule has 134 valence electrons. The normalized spacial score (nSPS) is 10.3. The molecular weight excluding hydrogens is 330 g/mol. The summed E-state index contributed by atoms with van der Waals surface area (Å²) in [5.74, 6) is 0.772. The number of methoxy groups -OCH3 is 1. The number of nitrogens with zero attached hydrogens (tertiary/aromatic N) is 3. The molecule has 26 heavy (non-hydrogen) atoms. The quantitative estimate of drug-likeness (QED) is 0.685. The first-order chi connectivity index (χ1) is 12.7. The molecule has 1 aromatic heterocycles. The summed E-state index contributed by atoms with van der Waals surface area (Å²) in [5, 5.41) is 9.81. The number of nitrogens with one attached hydrogen (secondary N) is 2. The van der Waals surface area contributed by atoms with Gasteiger partial charge in [-0.2, -0.15) is 5.10 Å². The van der Waals surface area contributed by atoms with Crippen LogP contribution in [-0.4, -0.2) is 27.9 Å². The maximum Gasteiger partial charge on any atom is 0.315 e. The van der Waals surface area contributed by atoms with E-state index in [2.05, 4.69) is 20.7 Å². The molecule has 0 aliphatic rings. The highest BCUT2D eigenvalue weighted by Crippen LogP contribution is 2.12. The van der Waals surface area contributed by atoms with Gasteiger partial charge in [0.1, 0.15) is 18.4 Å². The SMILES string of the molecule is COc1cccc(CNC(=O)NCc2cccc(Cn3cncn3)c2)c1. The molecule has 0 aliphatic heterocycles. The van der Waals surface area contributed by atoms with Crippen LogP contribution in [0.15, 0.2) is 61.2 Å². The van der Waals surface area contributed by atoms with Crippen LogP contribution in [0.3, 0.4) is 0 Å². The van der Waals surface area contributed by atoms with E-state index in [1.165, 1.54) is 6.33 Å². The van der Waals surface area contributed by atoms with Crippen molar-refractivity contribution in [2.45, 2.75) is 19.6 Å². The number of carbonyl (C=O) groups excluding carboxylic acids is 1. The molecule has 2 aromatic carbocycles. The van der Waals surface area contributed by atoms with Crippen LogP contribution in [0.25, 0.3) is 0 Å². The minimum Gasteiger partial charge on any atom is -0.497 e. The van der Waals surface area contributed by atoms with Crippen LogP contribution >= 0.6 is 0 Å². The summed E-state index contributed by atoms with van der Waals surface area (Å²) in [4.78, 5) is 15.9. The molecule has 7 nitrogen and oxygen atoms in total. The molecule has 0 fully saturated rings. The van der Waals surface area contributed by atoms with E-state index >= 15 is 0 Å². The number of hydrogen-bond donors (Lipinski definition) is 2. The lowest BCUT2D eigenvalue weighted by Gasteiger charge is -2.10. The highest BCUT2D eigenvalue weighted by atomic mass is 16.5. The minimum absolute atomic E-state index is 0.213. The summed E-state index contributed by atoms with van der Waals surface area (Å²) in [6.45, 7) is 1.54. The summed E-state index contributed by atoms with van der Waals surface area (Å²) in [6.07, 6.45) is 3.19. The molecule has 2 N–H and O–H groups in total. The Labute approximate surface area is 152 Å². The Morgan fingerprint density at radius 1 is 1.04 bits per heavy atom. The Morgan fingerprint density at radius 3 is 2.42 bits per heavy atom. The van der Waals surface area contributed by atoms with Gasteiger partial charge in [0.2, 0.25) is 0 Å². The number of rotatable bonds is 7. The Morgan fingerprint density at radius 2 is 1.73 bits per heavy atom. The van der Waals surface area contributed by atoms with Crippen LogP contribution in [0.5, 0.6) is 5.75 Å². The number of aromatic nitrogens is 3. The molecule has 1 heterocycles. The predicted molar refractivity (Wildman–Crippen MR) is 97.6 cm³/mol. The van der Waals surface area contributed by atoms with E-state index in [0.717, 1.165) is 22.4 Å². The lowest BCUT2D eigenvalue weighted by Crippen LogP contribution is -2.34. The number of carbonyl (C=O) groups is 1. The van der Waals surface area contributed by atoms with Gasteiger partial charge in [0.15, 0.2) is 0 Å². The first-order valence-electron chi connectivity index (χ1n) is 8.28. The number of amides is 2. The van der Waals surface area contributed by atoms with Crippen LogP contribution in [-0.2, 0) is 19.6 Å². The second-order valence-corrected chi connectivity index (χ2v) is 5.80. The molecule has 3 aromatic rings. The van der Waals surface area contributed by atoms with Gasteiger partial charge in [0.25, 0.3) is 0 Å². The predicted octanol–water partition coefficient (Wildman–Crippen LogP) is 2.33. The second-order valence-electron chi connectivity index (χ2n) is 5.80. The molecule has 0 aliphatic carbocycles. The fourth-order valence-electron chi connectivity index (χ4n) is 2.55. The highest BCUT2D eigenvalue weighted by Gasteiger charge is 2.03. The largest absolute Gasteiger partial charge is 0.497 e. The van der Waals surface area contributed by atoms with Crippen molar-refractivity contribution >= 4 is 6.03 Å². The maximum atomic E-state index is 12.0. The molecule has 3 rings (SSSR count). The number of benzene rings is 2. The first-order valence-corrected chi connectivity index (χ1v) is 8.28. The van der Waals surface area contributed by atoms with Crippen molar-refractivity contribution < 1.29 is 9.53 Å². The zero-order valence-corrected chi connectivity index (χ0v) is 14.6. The van der Waals surface area contributed by atoms with Crippen molar-refractivity contribution in [3.05, 3.63) is 77.9 Å². The van der Waals surface area contributed by atoms with E-state index in [4.69, 9.17) is 4.74 Å². The molecule has 2 amide bonds. The molecule has 0 bridgehead atoms. The Hall–Kier alpha value is -3.35. The van der Waals surface area contributed by atoms with Gasteiger partial charge in [-0.25, -0.2) is 14.5 Å². The molecule has 0 atom stereocenters. The lowest BCUT2D eigenvalue weighted by atomic mass is 10.1. The van der Waals surface area contributed by atoms with Gasteiger partial charge in [-0.15, -0.1) is 0 Å². The van der Waals surface area contributed by atoms with Crippen LogP contribution in [0.2, 0.25) is 0 Å². The van der Waals surface area contributed by atoms with E-state index in [0.29, 0.717) is 19.6 Å². The second kappa shape index (κ2) is 8.66. The van der Waals surface area contributed by atoms with Crippen molar-refractivity contribution in [1.82, 2.24) is 25.4 Å². The average molecular weight is 351 g/mol. The zero-order chi connectivity index (χ0) is 18.2. The summed E-state index contributed by atoms with van der Waals surface area (Å²) >= 11 is 0. The van der Waals surface area contributed by atoms with Gasteiger partial charge in [-0.1, -0.05) is 36.4 Å². The maximum absolute atomic E-state index is 12.0. The summed E-state index contributed by atoms with van der Waals surface area (Å²) < 4.78 is 6.93. The van der Waals surface area contributed by atoms with Crippen molar-refractivity contribution in [3.8, 4) is 5.75 Å². The third kappa shape index (κ3) is 5.07. The van der Waals surface area contributed by atoms with Crippen LogP contribution in [0, 0.1) is 0 Å². The summed E-state index contributed by atoms with van der Waals surface area (Å²) in [7, 11) is 1.62. The fraction of sp³-hybridized carbons (Fsp3) is 0.211. The zero-order valence-electron chi connectivity index (χ0n) is 14.6. The molecule has 0 saturated heterocycles. The van der Waals surface area contributed by atoms with E-state index < -0.39 is 0 Å². The van der Waals surface area contributed by atoms with Gasteiger partial charge in [-0.05, 0) is 28.8 Å². The topological polar surface area (TPSA) is 81.1 Å². The molecule has 0 unspecified atom stereocenters. The molecule has 0 radical (unpaired) electrons. The Bertz CT molecular complexity index is 849. The Kier molecular flexibility index (Phi) is 5.82. The van der Waals surface area contributed by atoms with Gasteiger partial charge in [0, 0.05) is 13.1 Å². The molecule has 0 spiro atoms. The summed E-state index contributed by atoms with van der Waals surface area (Å²) in [6, 6.07) is 15.4. The standard InChI is InChI=1S/C19H21N5O2/c1-26-18-7-3-5-16(9-18)11-22-19(25)21-10-15-4-2-6-17(8-15)12-24-14-20-13-23-24/h2-9,13-14H,10-12H2,1H3,(H2,21,22,25). The van der Waals surface area contributed by atoms with E-state index in [1.807, 2.05) is 48.5 Å². The fourth-order valence-corrected chi connectivity index (χ4v) is 2.55. The van der Waals surface area contributed by atoms with E-state index in [9.17, 15) is 4.79 Å². The molecule has 7 heteroatoms. The van der Waals surface area contributed by atoms with Gasteiger partial charge in [0.05, 0.1) is 13.7 Å². The first kappa shape index (κ1) is 17.5. The molecular formula is C19H21N5O2. The van der Waals surface area contributed by atoms with Crippen LogP contribution < -0.4 is 15.4 Å². The third-order valence-electron chi connectivity index (χ3n) is 3.84. The minimum atomic E-state index is -0.213. The van der Waals surface area contributed by atoms with Gasteiger partial charge < -0.3 is 15.4 Å². The average Bonchev–Trinajstić information content (AvgIpc) is 3.18. The van der Waals surface area contributed by atoms with Gasteiger partial charge in [-0.3, -0.25) is 0 Å². The Balaban J connectivity index is 1.48. The monoisotopic (exact) mass is 351 g/mol. The number of urea groups is 1. The molecule has 0 saturated carbocycles. The lowest BCUT2D eigenvalue weighted by molar-refractivity contribution is 0.240. The van der Waals surface area contributed by atoms with Crippen LogP contribution in [0.4, 0.5) is 4.79 Å². The van der Waals surface area contributed by atoms with Crippen molar-refractivity contribution in [2.24, 2.45) is 0 Å². The van der Waals surface area contributed by atoms with Crippen molar-refractivity contribution in [3.63, 3.8) is 0 Å².